The maximum absolute atomic E-state index is 13.7. The minimum atomic E-state index is -0.923. The minimum Gasteiger partial charge on any atom is -0.448 e. The van der Waals surface area contributed by atoms with E-state index in [4.69, 9.17) is 9.84 Å². The second-order valence-electron chi connectivity index (χ2n) is 5.37. The number of aliphatic hydroxyl groups excluding tert-OH is 1. The first-order chi connectivity index (χ1) is 12.0. The number of hydrogen-bond acceptors (Lipinski definition) is 6. The van der Waals surface area contributed by atoms with Crippen molar-refractivity contribution >= 4 is 17.0 Å². The summed E-state index contributed by atoms with van der Waals surface area (Å²) in [5, 5.41) is 12.3. The lowest BCUT2D eigenvalue weighted by atomic mass is 10.3. The fraction of sp³-hybridized carbons (Fsp3) is 0.188. The summed E-state index contributed by atoms with van der Waals surface area (Å²) in [6.07, 6.45) is 1.44. The van der Waals surface area contributed by atoms with Crippen molar-refractivity contribution in [3.8, 4) is 11.5 Å². The van der Waals surface area contributed by atoms with Crippen molar-refractivity contribution in [1.82, 2.24) is 15.0 Å². The maximum Gasteiger partial charge on any atom is 0.292 e. The zero-order valence-electron chi connectivity index (χ0n) is 13.1. The van der Waals surface area contributed by atoms with Crippen LogP contribution in [-0.4, -0.2) is 32.7 Å². The molecule has 0 aliphatic heterocycles. The standard InChI is InChI=1S/C16H14F2N4O3/c1-8(7-23)20-16-19-6-9-4-13(15(24)21-14(9)22-16)25-12-3-2-10(17)5-11(12)18/h2-6,8,23H,7H2,1H3,(H2,19,20,21,22,24)/t8-/m0/s1. The van der Waals surface area contributed by atoms with E-state index in [2.05, 4.69) is 20.3 Å². The van der Waals surface area contributed by atoms with Crippen LogP contribution < -0.4 is 15.6 Å². The summed E-state index contributed by atoms with van der Waals surface area (Å²) in [7, 11) is 0. The van der Waals surface area contributed by atoms with Gasteiger partial charge in [-0.15, -0.1) is 0 Å². The molecular weight excluding hydrogens is 334 g/mol. The highest BCUT2D eigenvalue weighted by molar-refractivity contribution is 5.76. The molecule has 9 heteroatoms. The zero-order chi connectivity index (χ0) is 18.0. The summed E-state index contributed by atoms with van der Waals surface area (Å²) in [5.41, 5.74) is -0.379. The minimum absolute atomic E-state index is 0.103. The Hall–Kier alpha value is -3.07. The number of fused-ring (bicyclic) bond motifs is 1. The summed E-state index contributed by atoms with van der Waals surface area (Å²) in [6, 6.07) is 3.88. The molecule has 0 unspecified atom stereocenters. The molecule has 0 aliphatic carbocycles. The predicted octanol–water partition coefficient (Wildman–Crippen LogP) is 2.18. The molecule has 0 spiro atoms. The molecule has 0 amide bonds. The lowest BCUT2D eigenvalue weighted by Gasteiger charge is -2.11. The molecule has 0 saturated carbocycles. The molecule has 25 heavy (non-hydrogen) atoms. The molecule has 0 saturated heterocycles. The quantitative estimate of drug-likeness (QED) is 0.653. The fourth-order valence-corrected chi connectivity index (χ4v) is 2.06. The molecule has 3 aromatic rings. The van der Waals surface area contributed by atoms with Gasteiger partial charge in [0, 0.05) is 23.7 Å². The number of halogens is 2. The third kappa shape index (κ3) is 3.72. The molecule has 3 N–H and O–H groups in total. The van der Waals surface area contributed by atoms with Crippen LogP contribution in [-0.2, 0) is 0 Å². The zero-order valence-corrected chi connectivity index (χ0v) is 13.1. The summed E-state index contributed by atoms with van der Waals surface area (Å²) in [6.45, 7) is 1.64. The summed E-state index contributed by atoms with van der Waals surface area (Å²) < 4.78 is 31.8. The number of ether oxygens (including phenoxy) is 1. The number of rotatable bonds is 5. The summed E-state index contributed by atoms with van der Waals surface area (Å²) >= 11 is 0. The molecule has 0 fully saturated rings. The Labute approximate surface area is 140 Å². The van der Waals surface area contributed by atoms with Crippen LogP contribution in [0.4, 0.5) is 14.7 Å². The topological polar surface area (TPSA) is 100 Å². The van der Waals surface area contributed by atoms with Gasteiger partial charge >= 0.3 is 0 Å². The number of hydrogen-bond donors (Lipinski definition) is 3. The highest BCUT2D eigenvalue weighted by Crippen LogP contribution is 2.24. The summed E-state index contributed by atoms with van der Waals surface area (Å²) in [4.78, 5) is 22.8. The van der Waals surface area contributed by atoms with Crippen molar-refractivity contribution in [2.75, 3.05) is 11.9 Å². The van der Waals surface area contributed by atoms with E-state index in [0.29, 0.717) is 11.5 Å². The van der Waals surface area contributed by atoms with E-state index < -0.39 is 17.2 Å². The second-order valence-corrected chi connectivity index (χ2v) is 5.37. The van der Waals surface area contributed by atoms with Crippen LogP contribution in [0.3, 0.4) is 0 Å². The Morgan fingerprint density at radius 2 is 2.12 bits per heavy atom. The molecule has 2 aromatic heterocycles. The van der Waals surface area contributed by atoms with Gasteiger partial charge < -0.3 is 20.1 Å². The van der Waals surface area contributed by atoms with Crippen LogP contribution in [0, 0.1) is 11.6 Å². The number of aromatic nitrogens is 3. The van der Waals surface area contributed by atoms with E-state index in [1.807, 2.05) is 0 Å². The Morgan fingerprint density at radius 3 is 2.84 bits per heavy atom. The lowest BCUT2D eigenvalue weighted by molar-refractivity contribution is 0.281. The predicted molar refractivity (Wildman–Crippen MR) is 86.8 cm³/mol. The number of pyridine rings is 1. The molecular formula is C16H14F2N4O3. The van der Waals surface area contributed by atoms with Crippen molar-refractivity contribution in [3.63, 3.8) is 0 Å². The fourth-order valence-electron chi connectivity index (χ4n) is 2.06. The molecule has 2 heterocycles. The van der Waals surface area contributed by atoms with E-state index in [1.54, 1.807) is 6.92 Å². The molecule has 0 bridgehead atoms. The normalized spacial score (nSPS) is 12.2. The van der Waals surface area contributed by atoms with Crippen LogP contribution in [0.5, 0.6) is 11.5 Å². The molecule has 1 atom stereocenters. The lowest BCUT2D eigenvalue weighted by Crippen LogP contribution is -2.21. The van der Waals surface area contributed by atoms with Crippen LogP contribution in [0.25, 0.3) is 11.0 Å². The average molecular weight is 348 g/mol. The third-order valence-corrected chi connectivity index (χ3v) is 3.32. The first-order valence-electron chi connectivity index (χ1n) is 7.36. The first kappa shape index (κ1) is 16.8. The highest BCUT2D eigenvalue weighted by atomic mass is 19.1. The van der Waals surface area contributed by atoms with E-state index in [9.17, 15) is 13.6 Å². The van der Waals surface area contributed by atoms with Crippen molar-refractivity contribution < 1.29 is 18.6 Å². The SMILES string of the molecule is C[C@@H](CO)Nc1ncc2cc(Oc3ccc(F)cc3F)c(=O)[nH]c2n1. The van der Waals surface area contributed by atoms with Crippen molar-refractivity contribution in [1.29, 1.82) is 0 Å². The largest absolute Gasteiger partial charge is 0.448 e. The maximum atomic E-state index is 13.7. The monoisotopic (exact) mass is 348 g/mol. The number of benzene rings is 1. The number of aromatic amines is 1. The first-order valence-corrected chi connectivity index (χ1v) is 7.36. The van der Waals surface area contributed by atoms with Crippen LogP contribution in [0.15, 0.2) is 35.3 Å². The van der Waals surface area contributed by atoms with Gasteiger partial charge in [-0.1, -0.05) is 0 Å². The van der Waals surface area contributed by atoms with Gasteiger partial charge in [0.25, 0.3) is 5.56 Å². The van der Waals surface area contributed by atoms with Crippen molar-refractivity contribution in [2.24, 2.45) is 0 Å². The molecule has 1 aromatic carbocycles. The van der Waals surface area contributed by atoms with Gasteiger partial charge in [0.05, 0.1) is 6.61 Å². The van der Waals surface area contributed by atoms with E-state index >= 15 is 0 Å². The number of anilines is 1. The van der Waals surface area contributed by atoms with Gasteiger partial charge in [-0.3, -0.25) is 4.79 Å². The van der Waals surface area contributed by atoms with E-state index in [0.717, 1.165) is 12.1 Å². The average Bonchev–Trinajstić information content (AvgIpc) is 2.57. The van der Waals surface area contributed by atoms with Crippen molar-refractivity contribution in [2.45, 2.75) is 13.0 Å². The van der Waals surface area contributed by atoms with Crippen LogP contribution >= 0.6 is 0 Å². The molecule has 7 nitrogen and oxygen atoms in total. The molecule has 0 radical (unpaired) electrons. The number of nitrogens with one attached hydrogen (secondary N) is 2. The Balaban J connectivity index is 1.94. The number of nitrogens with zero attached hydrogens (tertiary/aromatic N) is 2. The number of aliphatic hydroxyl groups is 1. The second kappa shape index (κ2) is 6.81. The molecule has 0 aliphatic rings. The third-order valence-electron chi connectivity index (χ3n) is 3.32. The van der Waals surface area contributed by atoms with Gasteiger partial charge in [-0.25, -0.2) is 13.8 Å². The highest BCUT2D eigenvalue weighted by Gasteiger charge is 2.12. The summed E-state index contributed by atoms with van der Waals surface area (Å²) in [5.74, 6) is -1.88. The van der Waals surface area contributed by atoms with Crippen molar-refractivity contribution in [3.05, 3.63) is 52.5 Å². The van der Waals surface area contributed by atoms with Gasteiger partial charge in [0.2, 0.25) is 5.95 Å². The van der Waals surface area contributed by atoms with Gasteiger partial charge in [-0.05, 0) is 25.1 Å². The van der Waals surface area contributed by atoms with Crippen LogP contribution in [0.2, 0.25) is 0 Å². The molecule has 3 rings (SSSR count). The van der Waals surface area contributed by atoms with E-state index in [1.165, 1.54) is 12.3 Å². The van der Waals surface area contributed by atoms with Crippen LogP contribution in [0.1, 0.15) is 6.92 Å². The molecule has 130 valence electrons. The van der Waals surface area contributed by atoms with E-state index in [-0.39, 0.29) is 35.7 Å². The van der Waals surface area contributed by atoms with Gasteiger partial charge in [-0.2, -0.15) is 4.98 Å². The Bertz CT molecular complexity index is 977. The Kier molecular flexibility index (Phi) is 4.57. The Morgan fingerprint density at radius 1 is 1.32 bits per heavy atom. The van der Waals surface area contributed by atoms with Gasteiger partial charge in [0.15, 0.2) is 17.3 Å². The number of H-pyrrole nitrogens is 1. The smallest absolute Gasteiger partial charge is 0.292 e. The van der Waals surface area contributed by atoms with Gasteiger partial charge in [0.1, 0.15) is 11.5 Å².